The quantitative estimate of drug-likeness (QED) is 0.570. The fourth-order valence-electron chi connectivity index (χ4n) is 3.26. The summed E-state index contributed by atoms with van der Waals surface area (Å²) in [5.74, 6) is 0.477. The fraction of sp³-hybridized carbons (Fsp3) is 0.625. The first kappa shape index (κ1) is 21.8. The predicted octanol–water partition coefficient (Wildman–Crippen LogP) is 2.90. The molecule has 142 valence electrons. The second kappa shape index (κ2) is 9.43. The average Bonchev–Trinajstić information content (AvgIpc) is 3.38. The zero-order valence-corrected chi connectivity index (χ0v) is 15.8. The highest BCUT2D eigenvalue weighted by Gasteiger charge is 2.32. The van der Waals surface area contributed by atoms with Crippen LogP contribution in [-0.4, -0.2) is 48.2 Å². The van der Waals surface area contributed by atoms with E-state index in [4.69, 9.17) is 4.74 Å². The number of ether oxygens (including phenoxy) is 1. The molecule has 0 bridgehead atoms. The molecule has 1 aliphatic heterocycles. The Morgan fingerprint density at radius 2 is 2.00 bits per heavy atom. The molecule has 0 spiro atoms. The normalized spacial score (nSPS) is 18.6. The second-order valence-corrected chi connectivity index (χ2v) is 6.33. The predicted molar refractivity (Wildman–Crippen MR) is 100 cm³/mol. The summed E-state index contributed by atoms with van der Waals surface area (Å²) in [5.41, 5.74) is 0.579. The molecule has 1 aromatic carbocycles. The van der Waals surface area contributed by atoms with Crippen LogP contribution in [0.1, 0.15) is 30.9 Å². The minimum atomic E-state index is -0.548. The number of methoxy groups -OCH3 is 1. The monoisotopic (exact) mass is 393 g/mol. The van der Waals surface area contributed by atoms with Gasteiger partial charge in [0.2, 0.25) is 5.75 Å². The Bertz CT molecular complexity index is 593. The Hall–Kier alpha value is -1.28. The highest BCUT2D eigenvalue weighted by atomic mass is 35.5. The van der Waals surface area contributed by atoms with E-state index >= 15 is 0 Å². The van der Waals surface area contributed by atoms with Crippen LogP contribution in [0.4, 0.5) is 5.69 Å². The van der Waals surface area contributed by atoms with Gasteiger partial charge in [-0.2, -0.15) is 0 Å². The van der Waals surface area contributed by atoms with E-state index in [1.54, 1.807) is 6.07 Å². The Morgan fingerprint density at radius 3 is 2.52 bits per heavy atom. The van der Waals surface area contributed by atoms with Crippen LogP contribution >= 0.6 is 24.8 Å². The van der Waals surface area contributed by atoms with Gasteiger partial charge in [-0.05, 0) is 24.0 Å². The number of hydrogen-bond donors (Lipinski definition) is 2. The molecule has 1 atom stereocenters. The van der Waals surface area contributed by atoms with Gasteiger partial charge >= 0.3 is 5.69 Å². The highest BCUT2D eigenvalue weighted by molar-refractivity contribution is 5.85. The first-order valence-corrected chi connectivity index (χ1v) is 8.10. The van der Waals surface area contributed by atoms with E-state index in [9.17, 15) is 15.2 Å². The molecule has 1 aromatic rings. The molecule has 2 fully saturated rings. The minimum Gasteiger partial charge on any atom is -0.500 e. The summed E-state index contributed by atoms with van der Waals surface area (Å²) in [5, 5.41) is 24.6. The number of phenolic OH excluding ortho intramolecular Hbond substituents is 1. The Kier molecular flexibility index (Phi) is 8.21. The maximum absolute atomic E-state index is 11.2. The van der Waals surface area contributed by atoms with Crippen LogP contribution in [0.5, 0.6) is 11.5 Å². The molecular formula is C16H25Cl2N3O4. The summed E-state index contributed by atoms with van der Waals surface area (Å²) in [7, 11) is 1.42. The Labute approximate surface area is 159 Å². The zero-order chi connectivity index (χ0) is 16.4. The number of halogens is 2. The average molecular weight is 394 g/mol. The molecule has 0 amide bonds. The molecular weight excluding hydrogens is 369 g/mol. The Morgan fingerprint density at radius 1 is 1.36 bits per heavy atom. The molecule has 0 radical (unpaired) electrons. The third kappa shape index (κ3) is 5.10. The topological polar surface area (TPSA) is 87.9 Å². The number of nitrogens with zero attached hydrogens (tertiary/aromatic N) is 2. The van der Waals surface area contributed by atoms with E-state index in [0.29, 0.717) is 5.92 Å². The lowest BCUT2D eigenvalue weighted by Crippen LogP contribution is -2.45. The molecule has 1 heterocycles. The number of hydrogen-bond acceptors (Lipinski definition) is 6. The van der Waals surface area contributed by atoms with Crippen molar-refractivity contribution in [3.63, 3.8) is 0 Å². The fourth-order valence-corrected chi connectivity index (χ4v) is 3.26. The van der Waals surface area contributed by atoms with Gasteiger partial charge in [0, 0.05) is 38.3 Å². The maximum atomic E-state index is 11.2. The first-order valence-electron chi connectivity index (χ1n) is 8.10. The van der Waals surface area contributed by atoms with Crippen molar-refractivity contribution in [2.45, 2.75) is 25.3 Å². The molecule has 25 heavy (non-hydrogen) atoms. The minimum absolute atomic E-state index is 0. The number of piperazine rings is 1. The number of nitrogens with one attached hydrogen (secondary N) is 1. The lowest BCUT2D eigenvalue weighted by Gasteiger charge is -2.35. The Balaban J connectivity index is 0.00000156. The van der Waals surface area contributed by atoms with Gasteiger partial charge in [0.15, 0.2) is 5.75 Å². The largest absolute Gasteiger partial charge is 0.500 e. The summed E-state index contributed by atoms with van der Waals surface area (Å²) >= 11 is 0. The van der Waals surface area contributed by atoms with Gasteiger partial charge in [-0.25, -0.2) is 0 Å². The smallest absolute Gasteiger partial charge is 0.314 e. The van der Waals surface area contributed by atoms with E-state index in [-0.39, 0.29) is 42.3 Å². The van der Waals surface area contributed by atoms with Gasteiger partial charge in [0.25, 0.3) is 0 Å². The zero-order valence-electron chi connectivity index (χ0n) is 14.1. The maximum Gasteiger partial charge on any atom is 0.314 e. The van der Waals surface area contributed by atoms with Crippen molar-refractivity contribution in [3.8, 4) is 11.5 Å². The number of benzene rings is 1. The molecule has 0 unspecified atom stereocenters. The van der Waals surface area contributed by atoms with Crippen LogP contribution in [0.25, 0.3) is 0 Å². The van der Waals surface area contributed by atoms with Crippen molar-refractivity contribution < 1.29 is 14.8 Å². The third-order valence-electron chi connectivity index (χ3n) is 4.72. The van der Waals surface area contributed by atoms with E-state index in [0.717, 1.165) is 38.2 Å². The van der Waals surface area contributed by atoms with Gasteiger partial charge < -0.3 is 15.2 Å². The molecule has 2 aliphatic rings. The molecule has 1 saturated carbocycles. The van der Waals surface area contributed by atoms with Crippen molar-refractivity contribution in [1.29, 1.82) is 0 Å². The molecule has 7 nitrogen and oxygen atoms in total. The van der Waals surface area contributed by atoms with E-state index in [1.165, 1.54) is 26.0 Å². The number of aromatic hydroxyl groups is 1. The molecule has 0 aromatic heterocycles. The molecule has 1 saturated heterocycles. The molecule has 2 N–H and O–H groups in total. The van der Waals surface area contributed by atoms with Crippen LogP contribution in [0.3, 0.4) is 0 Å². The van der Waals surface area contributed by atoms with Gasteiger partial charge in [0.05, 0.1) is 12.0 Å². The number of nitro benzene ring substituents is 1. The number of rotatable bonds is 6. The van der Waals surface area contributed by atoms with Crippen LogP contribution in [0, 0.1) is 16.0 Å². The molecule has 3 rings (SSSR count). The van der Waals surface area contributed by atoms with Crippen molar-refractivity contribution in [2.24, 2.45) is 5.92 Å². The van der Waals surface area contributed by atoms with Crippen molar-refractivity contribution >= 4 is 30.5 Å². The van der Waals surface area contributed by atoms with Crippen LogP contribution in [0.2, 0.25) is 0 Å². The summed E-state index contributed by atoms with van der Waals surface area (Å²) in [6, 6.07) is 3.39. The van der Waals surface area contributed by atoms with Gasteiger partial charge in [-0.1, -0.05) is 12.8 Å². The first-order chi connectivity index (χ1) is 11.1. The van der Waals surface area contributed by atoms with Gasteiger partial charge in [-0.15, -0.1) is 24.8 Å². The lowest BCUT2D eigenvalue weighted by atomic mass is 9.97. The third-order valence-corrected chi connectivity index (χ3v) is 4.72. The lowest BCUT2D eigenvalue weighted by molar-refractivity contribution is -0.386. The van der Waals surface area contributed by atoms with Crippen LogP contribution < -0.4 is 10.1 Å². The second-order valence-electron chi connectivity index (χ2n) is 6.33. The van der Waals surface area contributed by atoms with Crippen LogP contribution in [-0.2, 0) is 0 Å². The standard InChI is InChI=1S/C16H23N3O4.2ClH/c1-23-15-10-12(9-14(16(15)20)19(21)22)13(8-11-2-3-11)18-6-4-17-5-7-18;;/h9-11,13,17,20H,2-8H2,1H3;2*1H/t13-;;/m0../s1. The summed E-state index contributed by atoms with van der Waals surface area (Å²) in [6.07, 6.45) is 3.48. The number of phenols is 1. The van der Waals surface area contributed by atoms with Gasteiger partial charge in [-0.3, -0.25) is 15.0 Å². The molecule has 1 aliphatic carbocycles. The van der Waals surface area contributed by atoms with E-state index in [2.05, 4.69) is 10.2 Å². The SMILES string of the molecule is COc1cc([C@H](CC2CC2)N2CCNCC2)cc([N+](=O)[O-])c1O.Cl.Cl. The molecule has 9 heteroatoms. The van der Waals surface area contributed by atoms with Crippen molar-refractivity contribution in [3.05, 3.63) is 27.8 Å². The van der Waals surface area contributed by atoms with E-state index < -0.39 is 10.7 Å². The van der Waals surface area contributed by atoms with E-state index in [1.807, 2.05) is 0 Å². The summed E-state index contributed by atoms with van der Waals surface area (Å²) in [6.45, 7) is 3.71. The highest BCUT2D eigenvalue weighted by Crippen LogP contribution is 2.44. The summed E-state index contributed by atoms with van der Waals surface area (Å²) in [4.78, 5) is 13.1. The number of nitro groups is 1. The van der Waals surface area contributed by atoms with Crippen LogP contribution in [0.15, 0.2) is 12.1 Å². The van der Waals surface area contributed by atoms with Crippen molar-refractivity contribution in [1.82, 2.24) is 10.2 Å². The van der Waals surface area contributed by atoms with Gasteiger partial charge in [0.1, 0.15) is 0 Å². The summed E-state index contributed by atoms with van der Waals surface area (Å²) < 4.78 is 5.15. The van der Waals surface area contributed by atoms with Crippen molar-refractivity contribution in [2.75, 3.05) is 33.3 Å².